The first kappa shape index (κ1) is 28.4. The van der Waals surface area contributed by atoms with E-state index in [-0.39, 0.29) is 21.1 Å². The quantitative estimate of drug-likeness (QED) is 0.132. The molecule has 0 amide bonds. The maximum Gasteiger partial charge on any atom is 2.00 e. The molecule has 0 fully saturated rings. The molecule has 0 radical (unpaired) electrons. The molecule has 228 valence electrons. The number of pyridine rings is 3. The third-order valence-electron chi connectivity index (χ3n) is 8.97. The van der Waals surface area contributed by atoms with Crippen molar-refractivity contribution in [2.24, 2.45) is 0 Å². The fourth-order valence-corrected chi connectivity index (χ4v) is 6.88. The first-order valence-electron chi connectivity index (χ1n) is 15.4. The average molecular weight is 797 g/mol. The Hall–Kier alpha value is -5.84. The van der Waals surface area contributed by atoms with Gasteiger partial charge < -0.3 is 13.5 Å². The number of rotatable bonds is 4. The molecule has 7 heteroatoms. The number of hydrogen-bond donors (Lipinski definition) is 0. The fourth-order valence-electron chi connectivity index (χ4n) is 6.88. The van der Waals surface area contributed by atoms with Crippen LogP contribution in [0.25, 0.3) is 76.9 Å². The molecule has 0 saturated heterocycles. The van der Waals surface area contributed by atoms with Gasteiger partial charge in [-0.3, -0.25) is 15.0 Å². The van der Waals surface area contributed by atoms with Crippen molar-refractivity contribution >= 4 is 54.6 Å². The largest absolute Gasteiger partial charge is 2.00 e. The molecule has 0 atom stereocenters. The van der Waals surface area contributed by atoms with E-state index in [1.807, 2.05) is 59.7 Å². The van der Waals surface area contributed by atoms with Gasteiger partial charge in [0.1, 0.15) is 0 Å². The van der Waals surface area contributed by atoms with Crippen LogP contribution in [0.1, 0.15) is 0 Å². The zero-order valence-corrected chi connectivity index (χ0v) is 27.5. The molecule has 0 aliphatic heterocycles. The van der Waals surface area contributed by atoms with Crippen LogP contribution in [0.3, 0.4) is 0 Å². The zero-order valence-electron chi connectivity index (χ0n) is 25.2. The molecule has 10 aromatic rings. The molecule has 5 heterocycles. The van der Waals surface area contributed by atoms with Crippen molar-refractivity contribution in [3.05, 3.63) is 152 Å². The minimum Gasteiger partial charge on any atom is -0.497 e. The van der Waals surface area contributed by atoms with Crippen molar-refractivity contribution in [3.8, 4) is 33.8 Å². The van der Waals surface area contributed by atoms with Crippen LogP contribution in [0.15, 0.2) is 140 Å². The molecule has 5 aromatic heterocycles. The van der Waals surface area contributed by atoms with E-state index in [1.54, 1.807) is 6.20 Å². The Labute approximate surface area is 289 Å². The summed E-state index contributed by atoms with van der Waals surface area (Å²) < 4.78 is 10.7. The third-order valence-corrected chi connectivity index (χ3v) is 8.97. The van der Waals surface area contributed by atoms with E-state index in [9.17, 15) is 0 Å². The first-order valence-corrected chi connectivity index (χ1v) is 15.4. The minimum atomic E-state index is 0. The van der Waals surface area contributed by atoms with E-state index in [0.29, 0.717) is 11.5 Å². The molecule has 0 aliphatic rings. The molecule has 0 spiro atoms. The third kappa shape index (κ3) is 4.34. The summed E-state index contributed by atoms with van der Waals surface area (Å²) in [6, 6.07) is 42.8. The summed E-state index contributed by atoms with van der Waals surface area (Å²) in [6.07, 6.45) is 11.3. The SMILES string of the molecule is [Pt+2].[c-]1c(Oc2[c-]c3c(cc2)c2cc(-c4ccccc4)cc(-c4ccccc4)c2n2ccnc32)ccc2c1c1nccn1c1cnccc21. The van der Waals surface area contributed by atoms with Gasteiger partial charge in [-0.25, -0.2) is 0 Å². The molecule has 10 rings (SSSR count). The summed E-state index contributed by atoms with van der Waals surface area (Å²) in [5, 5.41) is 6.08. The van der Waals surface area contributed by atoms with Crippen LogP contribution < -0.4 is 4.74 Å². The van der Waals surface area contributed by atoms with Gasteiger partial charge in [0.15, 0.2) is 0 Å². The van der Waals surface area contributed by atoms with Crippen molar-refractivity contribution in [1.29, 1.82) is 0 Å². The van der Waals surface area contributed by atoms with Gasteiger partial charge in [0.05, 0.1) is 16.8 Å². The van der Waals surface area contributed by atoms with Crippen LogP contribution in [0.4, 0.5) is 0 Å². The van der Waals surface area contributed by atoms with Crippen molar-refractivity contribution < 1.29 is 25.8 Å². The molecular formula is C41H23N5OPt. The predicted octanol–water partition coefficient (Wildman–Crippen LogP) is 9.71. The normalized spacial score (nSPS) is 11.6. The summed E-state index contributed by atoms with van der Waals surface area (Å²) in [5.41, 5.74) is 8.34. The summed E-state index contributed by atoms with van der Waals surface area (Å²) in [5.74, 6) is 1.17. The molecule has 6 nitrogen and oxygen atoms in total. The summed E-state index contributed by atoms with van der Waals surface area (Å²) >= 11 is 0. The van der Waals surface area contributed by atoms with E-state index >= 15 is 0 Å². The smallest absolute Gasteiger partial charge is 0.497 e. The predicted molar refractivity (Wildman–Crippen MR) is 187 cm³/mol. The fraction of sp³-hybridized carbons (Fsp3) is 0. The number of ether oxygens (including phenoxy) is 1. The van der Waals surface area contributed by atoms with Crippen LogP contribution >= 0.6 is 0 Å². The Bertz CT molecular complexity index is 2830. The van der Waals surface area contributed by atoms with Gasteiger partial charge in [0.2, 0.25) is 0 Å². The average Bonchev–Trinajstić information content (AvgIpc) is 3.84. The van der Waals surface area contributed by atoms with E-state index in [2.05, 4.69) is 105 Å². The molecule has 48 heavy (non-hydrogen) atoms. The Morgan fingerprint density at radius 3 is 1.88 bits per heavy atom. The standard InChI is InChI=1S/C41H23N5O.Pt/c1-3-7-26(8-4-1)28-21-34(27-9-5-2-6-10-27)39-35(22-28)32-14-12-30(24-37(32)41-44-18-20-46(39)41)47-29-11-13-31-33-15-16-42-25-38(33)45-19-17-43-40(45)36(31)23-29;/h1-22,25H;/q-2;+2. The van der Waals surface area contributed by atoms with Gasteiger partial charge in [-0.15, -0.1) is 12.1 Å². The number of benzene rings is 5. The van der Waals surface area contributed by atoms with Crippen LogP contribution in [0, 0.1) is 12.1 Å². The molecular weight excluding hydrogens is 774 g/mol. The number of hydrogen-bond acceptors (Lipinski definition) is 4. The number of nitrogens with zero attached hydrogens (tertiary/aromatic N) is 5. The van der Waals surface area contributed by atoms with Crippen molar-refractivity contribution in [3.63, 3.8) is 0 Å². The van der Waals surface area contributed by atoms with E-state index < -0.39 is 0 Å². The summed E-state index contributed by atoms with van der Waals surface area (Å²) in [7, 11) is 0. The van der Waals surface area contributed by atoms with Gasteiger partial charge in [0, 0.05) is 59.8 Å². The van der Waals surface area contributed by atoms with E-state index in [4.69, 9.17) is 9.72 Å². The van der Waals surface area contributed by atoms with E-state index in [0.717, 1.165) is 76.9 Å². The topological polar surface area (TPSA) is 56.7 Å². The molecule has 0 aliphatic carbocycles. The van der Waals surface area contributed by atoms with Crippen LogP contribution in [-0.2, 0) is 21.1 Å². The Morgan fingerprint density at radius 2 is 1.17 bits per heavy atom. The van der Waals surface area contributed by atoms with Crippen molar-refractivity contribution in [1.82, 2.24) is 23.8 Å². The number of aromatic nitrogens is 5. The van der Waals surface area contributed by atoms with Crippen molar-refractivity contribution in [2.45, 2.75) is 0 Å². The molecule has 0 N–H and O–H groups in total. The van der Waals surface area contributed by atoms with E-state index in [1.165, 1.54) is 0 Å². The van der Waals surface area contributed by atoms with Crippen molar-refractivity contribution in [2.75, 3.05) is 0 Å². The second-order valence-corrected chi connectivity index (χ2v) is 11.6. The Morgan fingerprint density at radius 1 is 0.542 bits per heavy atom. The summed E-state index contributed by atoms with van der Waals surface area (Å²) in [4.78, 5) is 13.8. The maximum atomic E-state index is 6.46. The first-order chi connectivity index (χ1) is 23.3. The second-order valence-electron chi connectivity index (χ2n) is 11.6. The number of fused-ring (bicyclic) bond motifs is 12. The van der Waals surface area contributed by atoms with Gasteiger partial charge in [0.25, 0.3) is 0 Å². The second kappa shape index (κ2) is 11.1. The van der Waals surface area contributed by atoms with Crippen LogP contribution in [-0.4, -0.2) is 23.8 Å². The van der Waals surface area contributed by atoms with Gasteiger partial charge in [-0.1, -0.05) is 113 Å². The Balaban J connectivity index is 0.00000314. The van der Waals surface area contributed by atoms with Gasteiger partial charge in [-0.2, -0.15) is 0 Å². The molecule has 5 aromatic carbocycles. The Kier molecular flexibility index (Phi) is 6.59. The maximum absolute atomic E-state index is 6.46. The molecule has 0 saturated carbocycles. The van der Waals surface area contributed by atoms with Crippen LogP contribution in [0.2, 0.25) is 0 Å². The monoisotopic (exact) mass is 796 g/mol. The zero-order chi connectivity index (χ0) is 30.9. The number of imidazole rings is 2. The summed E-state index contributed by atoms with van der Waals surface area (Å²) in [6.45, 7) is 0. The van der Waals surface area contributed by atoms with Gasteiger partial charge in [-0.05, 0) is 39.6 Å². The van der Waals surface area contributed by atoms with Gasteiger partial charge >= 0.3 is 21.1 Å². The molecule has 0 unspecified atom stereocenters. The van der Waals surface area contributed by atoms with Crippen LogP contribution in [0.5, 0.6) is 11.5 Å². The minimum absolute atomic E-state index is 0. The molecule has 0 bridgehead atoms.